The minimum atomic E-state index is -1.24. The largest absolute Gasteiger partial charge is 0.497 e. The summed E-state index contributed by atoms with van der Waals surface area (Å²) in [6.07, 6.45) is 0. The van der Waals surface area contributed by atoms with Crippen LogP contribution in [0.25, 0.3) is 10.9 Å². The molecule has 2 aromatic carbocycles. The van der Waals surface area contributed by atoms with E-state index in [2.05, 4.69) is 15.7 Å². The number of urea groups is 1. The normalized spacial score (nSPS) is 18.0. The van der Waals surface area contributed by atoms with Gasteiger partial charge in [0.15, 0.2) is 0 Å². The van der Waals surface area contributed by atoms with Crippen molar-refractivity contribution in [2.45, 2.75) is 24.4 Å². The van der Waals surface area contributed by atoms with E-state index in [-0.39, 0.29) is 5.75 Å². The lowest BCUT2D eigenvalue weighted by Crippen LogP contribution is -2.48. The Hall–Kier alpha value is -3.59. The van der Waals surface area contributed by atoms with Crippen LogP contribution >= 0.6 is 11.8 Å². The molecule has 0 aliphatic carbocycles. The number of hydrogen-bond acceptors (Lipinski definition) is 6. The SMILES string of the molecule is COc1ccc2c(C)cc(SCC(=O)NN3C(=O)NC(C)(c4ccccc4)C3=O)nc2c1. The summed E-state index contributed by atoms with van der Waals surface area (Å²) in [5.41, 5.74) is 3.59. The topological polar surface area (TPSA) is 101 Å². The highest BCUT2D eigenvalue weighted by molar-refractivity contribution is 7.99. The highest BCUT2D eigenvalue weighted by Crippen LogP contribution is 2.28. The maximum Gasteiger partial charge on any atom is 0.344 e. The van der Waals surface area contributed by atoms with Gasteiger partial charge in [0.05, 0.1) is 23.4 Å². The van der Waals surface area contributed by atoms with Gasteiger partial charge in [0.25, 0.3) is 5.91 Å². The molecule has 0 spiro atoms. The van der Waals surface area contributed by atoms with E-state index in [0.717, 1.165) is 21.5 Å². The van der Waals surface area contributed by atoms with E-state index in [1.165, 1.54) is 11.8 Å². The third kappa shape index (κ3) is 3.99. The lowest BCUT2D eigenvalue weighted by atomic mass is 9.92. The lowest BCUT2D eigenvalue weighted by Gasteiger charge is -2.22. The molecular weight excluding hydrogens is 428 g/mol. The second-order valence-corrected chi connectivity index (χ2v) is 8.54. The van der Waals surface area contributed by atoms with Crippen LogP contribution in [0.15, 0.2) is 59.6 Å². The van der Waals surface area contributed by atoms with Crippen LogP contribution in [-0.2, 0) is 15.1 Å². The first kappa shape index (κ1) is 21.6. The number of nitrogens with one attached hydrogen (secondary N) is 2. The Bertz CT molecular complexity index is 1220. The fraction of sp³-hybridized carbons (Fsp3) is 0.217. The Kier molecular flexibility index (Phi) is 5.75. The monoisotopic (exact) mass is 450 g/mol. The molecule has 8 nitrogen and oxygen atoms in total. The maximum atomic E-state index is 12.9. The molecule has 1 fully saturated rings. The van der Waals surface area contributed by atoms with Gasteiger partial charge < -0.3 is 10.1 Å². The van der Waals surface area contributed by atoms with Crippen molar-refractivity contribution in [1.29, 1.82) is 0 Å². The molecule has 2 N–H and O–H groups in total. The van der Waals surface area contributed by atoms with Gasteiger partial charge >= 0.3 is 6.03 Å². The van der Waals surface area contributed by atoms with Crippen molar-refractivity contribution in [2.24, 2.45) is 0 Å². The van der Waals surface area contributed by atoms with Gasteiger partial charge in [0.1, 0.15) is 11.3 Å². The Balaban J connectivity index is 1.44. The van der Waals surface area contributed by atoms with Crippen LogP contribution < -0.4 is 15.5 Å². The standard InChI is InChI=1S/C23H22N4O4S/c1-14-11-20(24-18-12-16(31-3)9-10-17(14)18)32-13-19(28)26-27-21(29)23(2,25-22(27)30)15-7-5-4-6-8-15/h4-12H,13H2,1-3H3,(H,25,30)(H,26,28). The molecule has 1 saturated heterocycles. The third-order valence-corrected chi connectivity index (χ3v) is 6.24. The summed E-state index contributed by atoms with van der Waals surface area (Å²) in [4.78, 5) is 42.4. The predicted molar refractivity (Wildman–Crippen MR) is 121 cm³/mol. The van der Waals surface area contributed by atoms with E-state index >= 15 is 0 Å². The predicted octanol–water partition coefficient (Wildman–Crippen LogP) is 3.14. The van der Waals surface area contributed by atoms with Gasteiger partial charge in [-0.05, 0) is 43.2 Å². The summed E-state index contributed by atoms with van der Waals surface area (Å²) in [6, 6.07) is 15.8. The van der Waals surface area contributed by atoms with Gasteiger partial charge in [-0.25, -0.2) is 9.78 Å². The average Bonchev–Trinajstić information content (AvgIpc) is 3.01. The smallest absolute Gasteiger partial charge is 0.344 e. The first-order valence-corrected chi connectivity index (χ1v) is 10.9. The molecule has 0 radical (unpaired) electrons. The van der Waals surface area contributed by atoms with Crippen molar-refractivity contribution in [3.05, 3.63) is 65.7 Å². The number of fused-ring (bicyclic) bond motifs is 1. The Morgan fingerprint density at radius 2 is 1.94 bits per heavy atom. The van der Waals surface area contributed by atoms with Gasteiger partial charge in [-0.15, -0.1) is 0 Å². The number of rotatable bonds is 6. The molecule has 4 amide bonds. The molecule has 164 valence electrons. The van der Waals surface area contributed by atoms with E-state index in [1.807, 2.05) is 37.3 Å². The Morgan fingerprint density at radius 1 is 1.19 bits per heavy atom. The lowest BCUT2D eigenvalue weighted by molar-refractivity contribution is -0.138. The van der Waals surface area contributed by atoms with Crippen molar-refractivity contribution in [1.82, 2.24) is 20.7 Å². The summed E-state index contributed by atoms with van der Waals surface area (Å²) >= 11 is 1.22. The van der Waals surface area contributed by atoms with Crippen molar-refractivity contribution in [2.75, 3.05) is 12.9 Å². The molecule has 0 saturated carbocycles. The average molecular weight is 451 g/mol. The summed E-state index contributed by atoms with van der Waals surface area (Å²) in [6.45, 7) is 3.58. The number of aryl methyl sites for hydroxylation is 1. The van der Waals surface area contributed by atoms with Crippen LogP contribution in [0.5, 0.6) is 5.75 Å². The summed E-state index contributed by atoms with van der Waals surface area (Å²) in [5, 5.41) is 5.05. The van der Waals surface area contributed by atoms with Crippen molar-refractivity contribution >= 4 is 40.5 Å². The molecule has 9 heteroatoms. The highest BCUT2D eigenvalue weighted by Gasteiger charge is 2.49. The minimum absolute atomic E-state index is 0.0129. The summed E-state index contributed by atoms with van der Waals surface area (Å²) < 4.78 is 5.26. The molecule has 1 aromatic heterocycles. The number of carbonyl (C=O) groups excluding carboxylic acids is 3. The zero-order chi connectivity index (χ0) is 22.9. The number of aromatic nitrogens is 1. The molecule has 0 bridgehead atoms. The molecule has 2 heterocycles. The molecule has 4 rings (SSSR count). The van der Waals surface area contributed by atoms with Crippen LogP contribution in [0, 0.1) is 6.92 Å². The van der Waals surface area contributed by atoms with Crippen LogP contribution in [-0.4, -0.2) is 40.7 Å². The van der Waals surface area contributed by atoms with Gasteiger partial charge in [0, 0.05) is 11.5 Å². The number of ether oxygens (including phenoxy) is 1. The van der Waals surface area contributed by atoms with Crippen LogP contribution in [0.3, 0.4) is 0 Å². The van der Waals surface area contributed by atoms with E-state index in [9.17, 15) is 14.4 Å². The zero-order valence-electron chi connectivity index (χ0n) is 17.8. The highest BCUT2D eigenvalue weighted by atomic mass is 32.2. The van der Waals surface area contributed by atoms with Crippen LogP contribution in [0.4, 0.5) is 4.79 Å². The Labute approximate surface area is 189 Å². The molecule has 1 atom stereocenters. The second-order valence-electron chi connectivity index (χ2n) is 7.55. The number of methoxy groups -OCH3 is 1. The minimum Gasteiger partial charge on any atom is -0.497 e. The molecule has 1 aliphatic heterocycles. The fourth-order valence-corrected chi connectivity index (χ4v) is 4.32. The van der Waals surface area contributed by atoms with Gasteiger partial charge in [-0.3, -0.25) is 15.0 Å². The number of nitrogens with zero attached hydrogens (tertiary/aromatic N) is 2. The van der Waals surface area contributed by atoms with Crippen molar-refractivity contribution in [3.8, 4) is 5.75 Å². The van der Waals surface area contributed by atoms with Crippen LogP contribution in [0.2, 0.25) is 0 Å². The number of amides is 4. The van der Waals surface area contributed by atoms with E-state index in [0.29, 0.717) is 16.3 Å². The van der Waals surface area contributed by atoms with Gasteiger partial charge in [0.2, 0.25) is 5.91 Å². The van der Waals surface area contributed by atoms with E-state index in [4.69, 9.17) is 4.74 Å². The number of thioether (sulfide) groups is 1. The number of hydrazine groups is 1. The molecule has 3 aromatic rings. The van der Waals surface area contributed by atoms with E-state index in [1.54, 1.807) is 38.3 Å². The van der Waals surface area contributed by atoms with E-state index < -0.39 is 23.4 Å². The molecule has 1 aliphatic rings. The number of pyridine rings is 1. The van der Waals surface area contributed by atoms with Crippen molar-refractivity contribution < 1.29 is 19.1 Å². The fourth-order valence-electron chi connectivity index (χ4n) is 3.56. The Morgan fingerprint density at radius 3 is 2.66 bits per heavy atom. The van der Waals surface area contributed by atoms with Gasteiger partial charge in [-0.2, -0.15) is 5.01 Å². The number of benzene rings is 2. The number of carbonyl (C=O) groups is 3. The molecular formula is C23H22N4O4S. The maximum absolute atomic E-state index is 12.9. The zero-order valence-corrected chi connectivity index (χ0v) is 18.7. The van der Waals surface area contributed by atoms with Crippen molar-refractivity contribution in [3.63, 3.8) is 0 Å². The third-order valence-electron chi connectivity index (χ3n) is 5.33. The van der Waals surface area contributed by atoms with Gasteiger partial charge in [-0.1, -0.05) is 42.1 Å². The summed E-state index contributed by atoms with van der Waals surface area (Å²) in [7, 11) is 1.59. The summed E-state index contributed by atoms with van der Waals surface area (Å²) in [5.74, 6) is -0.342. The molecule has 1 unspecified atom stereocenters. The number of imide groups is 1. The van der Waals surface area contributed by atoms with Crippen LogP contribution in [0.1, 0.15) is 18.1 Å². The quantitative estimate of drug-likeness (QED) is 0.442. The second kappa shape index (κ2) is 8.51. The number of hydrogen-bond donors (Lipinski definition) is 2. The first-order valence-electron chi connectivity index (χ1n) is 9.92. The molecule has 32 heavy (non-hydrogen) atoms. The first-order chi connectivity index (χ1) is 15.3.